The van der Waals surface area contributed by atoms with Crippen molar-refractivity contribution in [3.05, 3.63) is 18.0 Å². The SMILES string of the molecule is Cn1cc(CC2(C#N)CCC(C)(C)CC2)cn1. The summed E-state index contributed by atoms with van der Waals surface area (Å²) in [4.78, 5) is 0. The molecule has 1 aromatic rings. The van der Waals surface area contributed by atoms with Gasteiger partial charge >= 0.3 is 0 Å². The van der Waals surface area contributed by atoms with Crippen molar-refractivity contribution in [2.75, 3.05) is 0 Å². The molecule has 2 rings (SSSR count). The lowest BCUT2D eigenvalue weighted by molar-refractivity contribution is 0.146. The van der Waals surface area contributed by atoms with Crippen LogP contribution >= 0.6 is 0 Å². The maximum Gasteiger partial charge on any atom is 0.0693 e. The lowest BCUT2D eigenvalue weighted by atomic mass is 9.64. The molecule has 1 fully saturated rings. The monoisotopic (exact) mass is 231 g/mol. The second-order valence-corrected chi connectivity index (χ2v) is 6.26. The maximum atomic E-state index is 9.50. The molecule has 1 aromatic heterocycles. The summed E-state index contributed by atoms with van der Waals surface area (Å²) in [6.07, 6.45) is 9.11. The van der Waals surface area contributed by atoms with Gasteiger partial charge in [0.2, 0.25) is 0 Å². The van der Waals surface area contributed by atoms with Crippen molar-refractivity contribution in [3.8, 4) is 6.07 Å². The molecule has 0 aromatic carbocycles. The zero-order valence-electron chi connectivity index (χ0n) is 11.0. The summed E-state index contributed by atoms with van der Waals surface area (Å²) in [5.74, 6) is 0. The summed E-state index contributed by atoms with van der Waals surface area (Å²) in [6.45, 7) is 4.61. The predicted molar refractivity (Wildman–Crippen MR) is 67.2 cm³/mol. The van der Waals surface area contributed by atoms with E-state index in [1.807, 2.05) is 24.1 Å². The molecule has 0 saturated heterocycles. The Hall–Kier alpha value is -1.30. The number of nitriles is 1. The van der Waals surface area contributed by atoms with Crippen molar-refractivity contribution >= 4 is 0 Å². The summed E-state index contributed by atoms with van der Waals surface area (Å²) in [7, 11) is 1.92. The Balaban J connectivity index is 2.09. The summed E-state index contributed by atoms with van der Waals surface area (Å²) in [6, 6.07) is 2.58. The van der Waals surface area contributed by atoms with Crippen LogP contribution in [0.3, 0.4) is 0 Å². The van der Waals surface area contributed by atoms with Crippen LogP contribution < -0.4 is 0 Å². The Morgan fingerprint density at radius 3 is 2.47 bits per heavy atom. The fourth-order valence-corrected chi connectivity index (χ4v) is 2.69. The molecule has 0 aliphatic heterocycles. The molecule has 1 aliphatic rings. The van der Waals surface area contributed by atoms with Crippen molar-refractivity contribution in [3.63, 3.8) is 0 Å². The molecule has 0 atom stereocenters. The van der Waals surface area contributed by atoms with Crippen molar-refractivity contribution in [2.24, 2.45) is 17.9 Å². The maximum absolute atomic E-state index is 9.50. The lowest BCUT2D eigenvalue weighted by Crippen LogP contribution is -2.31. The summed E-state index contributed by atoms with van der Waals surface area (Å²) in [5.41, 5.74) is 1.45. The third-order valence-electron chi connectivity index (χ3n) is 4.10. The first-order valence-electron chi connectivity index (χ1n) is 6.34. The highest BCUT2D eigenvalue weighted by atomic mass is 15.2. The highest BCUT2D eigenvalue weighted by molar-refractivity contribution is 5.14. The van der Waals surface area contributed by atoms with Gasteiger partial charge in [-0.25, -0.2) is 0 Å². The van der Waals surface area contributed by atoms with E-state index >= 15 is 0 Å². The molecule has 0 radical (unpaired) electrons. The molecular weight excluding hydrogens is 210 g/mol. The molecule has 1 aliphatic carbocycles. The molecule has 0 unspecified atom stereocenters. The van der Waals surface area contributed by atoms with Crippen LogP contribution in [0.4, 0.5) is 0 Å². The van der Waals surface area contributed by atoms with Crippen molar-refractivity contribution < 1.29 is 0 Å². The van der Waals surface area contributed by atoms with Gasteiger partial charge in [0.25, 0.3) is 0 Å². The van der Waals surface area contributed by atoms with Gasteiger partial charge < -0.3 is 0 Å². The van der Waals surface area contributed by atoms with Gasteiger partial charge in [0.15, 0.2) is 0 Å². The van der Waals surface area contributed by atoms with Gasteiger partial charge in [-0.15, -0.1) is 0 Å². The van der Waals surface area contributed by atoms with Crippen molar-refractivity contribution in [1.29, 1.82) is 5.26 Å². The Morgan fingerprint density at radius 1 is 1.35 bits per heavy atom. The van der Waals surface area contributed by atoms with Crippen LogP contribution in [0.5, 0.6) is 0 Å². The average molecular weight is 231 g/mol. The first-order valence-corrected chi connectivity index (χ1v) is 6.34. The fraction of sp³-hybridized carbons (Fsp3) is 0.714. The summed E-state index contributed by atoms with van der Waals surface area (Å²) < 4.78 is 1.81. The highest BCUT2D eigenvalue weighted by Crippen LogP contribution is 2.46. The zero-order chi connectivity index (χ0) is 12.5. The molecular formula is C14H21N3. The lowest BCUT2D eigenvalue weighted by Gasteiger charge is -2.39. The molecule has 0 spiro atoms. The van der Waals surface area contributed by atoms with E-state index in [0.717, 1.165) is 32.1 Å². The van der Waals surface area contributed by atoms with Crippen molar-refractivity contribution in [2.45, 2.75) is 46.0 Å². The van der Waals surface area contributed by atoms with Gasteiger partial charge in [0.1, 0.15) is 0 Å². The molecule has 0 amide bonds. The van der Waals surface area contributed by atoms with Gasteiger partial charge in [-0.05, 0) is 43.1 Å². The van der Waals surface area contributed by atoms with E-state index in [2.05, 4.69) is 25.0 Å². The standard InChI is InChI=1S/C14H21N3/c1-13(2)4-6-14(11-15,7-5-13)8-12-9-16-17(3)10-12/h9-10H,4-8H2,1-3H3. The second-order valence-electron chi connectivity index (χ2n) is 6.26. The third kappa shape index (κ3) is 2.69. The fourth-order valence-electron chi connectivity index (χ4n) is 2.69. The molecule has 0 bridgehead atoms. The van der Waals surface area contributed by atoms with Gasteiger partial charge in [0, 0.05) is 13.2 Å². The van der Waals surface area contributed by atoms with Crippen LogP contribution in [0, 0.1) is 22.2 Å². The molecule has 92 valence electrons. The highest BCUT2D eigenvalue weighted by Gasteiger charge is 2.38. The first-order chi connectivity index (χ1) is 7.95. The van der Waals surface area contributed by atoms with Crippen LogP contribution in [-0.4, -0.2) is 9.78 Å². The predicted octanol–water partition coefficient (Wildman–Crippen LogP) is 3.07. The molecule has 3 heteroatoms. The van der Waals surface area contributed by atoms with E-state index in [1.54, 1.807) is 0 Å². The first kappa shape index (κ1) is 12.2. The van der Waals surface area contributed by atoms with Crippen LogP contribution in [0.25, 0.3) is 0 Å². The third-order valence-corrected chi connectivity index (χ3v) is 4.10. The van der Waals surface area contributed by atoms with Gasteiger partial charge in [-0.1, -0.05) is 13.8 Å². The molecule has 0 N–H and O–H groups in total. The van der Waals surface area contributed by atoms with Gasteiger partial charge in [-0.2, -0.15) is 10.4 Å². The molecule has 3 nitrogen and oxygen atoms in total. The quantitative estimate of drug-likeness (QED) is 0.785. The van der Waals surface area contributed by atoms with E-state index in [0.29, 0.717) is 5.41 Å². The summed E-state index contributed by atoms with van der Waals surface area (Å²) >= 11 is 0. The molecule has 17 heavy (non-hydrogen) atoms. The van der Waals surface area contributed by atoms with E-state index < -0.39 is 0 Å². The topological polar surface area (TPSA) is 41.6 Å². The van der Waals surface area contributed by atoms with E-state index in [1.165, 1.54) is 5.56 Å². The molecule has 1 saturated carbocycles. The van der Waals surface area contributed by atoms with Crippen LogP contribution in [0.15, 0.2) is 12.4 Å². The Morgan fingerprint density at radius 2 is 2.00 bits per heavy atom. The van der Waals surface area contributed by atoms with Gasteiger partial charge in [0.05, 0.1) is 17.7 Å². The minimum atomic E-state index is -0.154. The number of aromatic nitrogens is 2. The normalized spacial score (nSPS) is 22.0. The van der Waals surface area contributed by atoms with E-state index in [-0.39, 0.29) is 5.41 Å². The smallest absolute Gasteiger partial charge is 0.0693 e. The Kier molecular flexibility index (Phi) is 2.99. The minimum Gasteiger partial charge on any atom is -0.276 e. The number of rotatable bonds is 2. The molecule has 1 heterocycles. The number of hydrogen-bond acceptors (Lipinski definition) is 2. The Bertz CT molecular complexity index is 427. The van der Waals surface area contributed by atoms with Crippen LogP contribution in [0.1, 0.15) is 45.1 Å². The van der Waals surface area contributed by atoms with E-state index in [9.17, 15) is 5.26 Å². The Labute approximate surface area is 103 Å². The zero-order valence-corrected chi connectivity index (χ0v) is 11.0. The number of hydrogen-bond donors (Lipinski definition) is 0. The summed E-state index contributed by atoms with van der Waals surface area (Å²) in [5, 5.41) is 13.7. The minimum absolute atomic E-state index is 0.154. The van der Waals surface area contributed by atoms with E-state index in [4.69, 9.17) is 0 Å². The second kappa shape index (κ2) is 4.18. The average Bonchev–Trinajstić information content (AvgIpc) is 2.68. The largest absolute Gasteiger partial charge is 0.276 e. The van der Waals surface area contributed by atoms with Crippen molar-refractivity contribution in [1.82, 2.24) is 9.78 Å². The van der Waals surface area contributed by atoms with Crippen LogP contribution in [-0.2, 0) is 13.5 Å². The number of nitrogens with zero attached hydrogens (tertiary/aromatic N) is 3. The van der Waals surface area contributed by atoms with Crippen LogP contribution in [0.2, 0.25) is 0 Å². The van der Waals surface area contributed by atoms with Gasteiger partial charge in [-0.3, -0.25) is 4.68 Å². The number of aryl methyl sites for hydroxylation is 1.